The molecule has 0 radical (unpaired) electrons. The van der Waals surface area contributed by atoms with Crippen LogP contribution < -0.4 is 0 Å². The molecule has 0 aromatic carbocycles. The summed E-state index contributed by atoms with van der Waals surface area (Å²) in [5, 5.41) is 0. The summed E-state index contributed by atoms with van der Waals surface area (Å²) in [6.45, 7) is 9.29. The highest BCUT2D eigenvalue weighted by Crippen LogP contribution is 2.49. The number of fused-ring (bicyclic) bond motifs is 1. The van der Waals surface area contributed by atoms with Crippen molar-refractivity contribution in [1.82, 2.24) is 0 Å². The third-order valence-electron chi connectivity index (χ3n) is 4.95. The van der Waals surface area contributed by atoms with Crippen molar-refractivity contribution in [1.29, 1.82) is 0 Å². The Morgan fingerprint density at radius 2 is 2.05 bits per heavy atom. The van der Waals surface area contributed by atoms with Crippen molar-refractivity contribution in [3.63, 3.8) is 0 Å². The molecule has 4 nitrogen and oxygen atoms in total. The van der Waals surface area contributed by atoms with Crippen LogP contribution in [-0.4, -0.2) is 24.0 Å². The molecule has 0 aromatic heterocycles. The van der Waals surface area contributed by atoms with Crippen LogP contribution >= 0.6 is 0 Å². The second kappa shape index (κ2) is 5.66. The number of ketones is 1. The van der Waals surface area contributed by atoms with E-state index in [0.717, 1.165) is 12.8 Å². The number of hydrogen-bond donors (Lipinski definition) is 0. The number of esters is 1. The lowest BCUT2D eigenvalue weighted by molar-refractivity contribution is -0.161. The first-order valence-electron chi connectivity index (χ1n) is 7.54. The van der Waals surface area contributed by atoms with Gasteiger partial charge in [0.2, 0.25) is 0 Å². The van der Waals surface area contributed by atoms with E-state index in [9.17, 15) is 9.59 Å². The number of hydrogen-bond acceptors (Lipinski definition) is 4. The molecule has 1 heterocycles. The fourth-order valence-electron chi connectivity index (χ4n) is 3.09. The summed E-state index contributed by atoms with van der Waals surface area (Å²) < 4.78 is 11.5. The second-order valence-electron chi connectivity index (χ2n) is 6.36. The van der Waals surface area contributed by atoms with Crippen molar-refractivity contribution in [2.24, 2.45) is 11.3 Å². The minimum atomic E-state index is -0.306. The summed E-state index contributed by atoms with van der Waals surface area (Å²) >= 11 is 0. The first-order valence-corrected chi connectivity index (χ1v) is 7.54. The average molecular weight is 292 g/mol. The Hall–Kier alpha value is -1.58. The van der Waals surface area contributed by atoms with Crippen LogP contribution in [0.25, 0.3) is 0 Å². The van der Waals surface area contributed by atoms with E-state index in [2.05, 4.69) is 13.8 Å². The summed E-state index contributed by atoms with van der Waals surface area (Å²) in [7, 11) is 0. The van der Waals surface area contributed by atoms with Crippen LogP contribution in [0, 0.1) is 11.3 Å². The zero-order valence-corrected chi connectivity index (χ0v) is 13.4. The lowest BCUT2D eigenvalue weighted by Gasteiger charge is -2.43. The van der Waals surface area contributed by atoms with Gasteiger partial charge in [0.1, 0.15) is 12.2 Å². The summed E-state index contributed by atoms with van der Waals surface area (Å²) in [6, 6.07) is 0. The van der Waals surface area contributed by atoms with Gasteiger partial charge in [0.05, 0.1) is 0 Å². The molecule has 116 valence electrons. The van der Waals surface area contributed by atoms with E-state index in [1.165, 1.54) is 6.92 Å². The SMILES string of the molecule is CC=C(C)C(=O)OC1CCC(C)C2(C)C=C(C(C)=O)OC12. The third-order valence-corrected chi connectivity index (χ3v) is 4.95. The Morgan fingerprint density at radius 3 is 2.62 bits per heavy atom. The molecule has 4 heteroatoms. The molecule has 0 spiro atoms. The summed E-state index contributed by atoms with van der Waals surface area (Å²) in [4.78, 5) is 23.6. The molecule has 0 aromatic rings. The smallest absolute Gasteiger partial charge is 0.333 e. The molecule has 0 amide bonds. The molecule has 0 bridgehead atoms. The van der Waals surface area contributed by atoms with Gasteiger partial charge in [-0.1, -0.05) is 19.9 Å². The van der Waals surface area contributed by atoms with E-state index in [1.54, 1.807) is 13.0 Å². The van der Waals surface area contributed by atoms with Crippen LogP contribution in [0.5, 0.6) is 0 Å². The van der Waals surface area contributed by atoms with Gasteiger partial charge in [-0.25, -0.2) is 4.79 Å². The molecular weight excluding hydrogens is 268 g/mol. The van der Waals surface area contributed by atoms with Crippen molar-refractivity contribution < 1.29 is 19.1 Å². The lowest BCUT2D eigenvalue weighted by Crippen LogP contribution is -2.48. The minimum absolute atomic E-state index is 0.0764. The molecular formula is C17H24O4. The lowest BCUT2D eigenvalue weighted by atomic mass is 9.66. The highest BCUT2D eigenvalue weighted by molar-refractivity contribution is 5.92. The van der Waals surface area contributed by atoms with Gasteiger partial charge in [0.25, 0.3) is 0 Å². The fourth-order valence-corrected chi connectivity index (χ4v) is 3.09. The number of carbonyl (C=O) groups is 2. The Labute approximate surface area is 126 Å². The van der Waals surface area contributed by atoms with Crippen molar-refractivity contribution >= 4 is 11.8 Å². The molecule has 4 unspecified atom stereocenters. The average Bonchev–Trinajstić information content (AvgIpc) is 2.81. The highest BCUT2D eigenvalue weighted by atomic mass is 16.6. The summed E-state index contributed by atoms with van der Waals surface area (Å²) in [5.41, 5.74) is 0.335. The zero-order chi connectivity index (χ0) is 15.8. The maximum atomic E-state index is 12.0. The number of rotatable bonds is 3. The third kappa shape index (κ3) is 2.76. The van der Waals surface area contributed by atoms with Crippen molar-refractivity contribution in [3.8, 4) is 0 Å². The molecule has 0 N–H and O–H groups in total. The minimum Gasteiger partial charge on any atom is -0.482 e. The molecule has 1 aliphatic carbocycles. The van der Waals surface area contributed by atoms with Gasteiger partial charge < -0.3 is 9.47 Å². The van der Waals surface area contributed by atoms with Gasteiger partial charge in [-0.3, -0.25) is 4.79 Å². The zero-order valence-electron chi connectivity index (χ0n) is 13.4. The molecule has 1 fully saturated rings. The van der Waals surface area contributed by atoms with Crippen LogP contribution in [0.1, 0.15) is 47.5 Å². The molecule has 21 heavy (non-hydrogen) atoms. The number of carbonyl (C=O) groups excluding carboxylic acids is 2. The predicted molar refractivity (Wildman–Crippen MR) is 79.5 cm³/mol. The molecule has 4 atom stereocenters. The van der Waals surface area contributed by atoms with E-state index in [4.69, 9.17) is 9.47 Å². The molecule has 1 saturated carbocycles. The Balaban J connectivity index is 2.21. The monoisotopic (exact) mass is 292 g/mol. The van der Waals surface area contributed by atoms with Crippen LogP contribution in [0.15, 0.2) is 23.5 Å². The van der Waals surface area contributed by atoms with Crippen LogP contribution in [0.3, 0.4) is 0 Å². The van der Waals surface area contributed by atoms with E-state index < -0.39 is 0 Å². The highest BCUT2D eigenvalue weighted by Gasteiger charge is 2.53. The normalized spacial score (nSPS) is 35.6. The molecule has 2 rings (SSSR count). The van der Waals surface area contributed by atoms with Crippen LogP contribution in [0.4, 0.5) is 0 Å². The standard InChI is InChI=1S/C17H24O4/c1-6-10(2)16(19)21-13-8-7-11(3)17(5)9-14(12(4)18)20-15(13)17/h6,9,11,13,15H,7-8H2,1-5H3. The van der Waals surface area contributed by atoms with Gasteiger partial charge in [0, 0.05) is 17.9 Å². The maximum absolute atomic E-state index is 12.0. The van der Waals surface area contributed by atoms with Crippen LogP contribution in [0.2, 0.25) is 0 Å². The van der Waals surface area contributed by atoms with Crippen molar-refractivity contribution in [3.05, 3.63) is 23.5 Å². The first-order chi connectivity index (χ1) is 9.79. The van der Waals surface area contributed by atoms with Gasteiger partial charge in [-0.05, 0) is 38.7 Å². The maximum Gasteiger partial charge on any atom is 0.333 e. The molecule has 0 saturated heterocycles. The Kier molecular flexibility index (Phi) is 4.26. The number of Topliss-reactive ketones (excluding diaryl/α,β-unsaturated/α-hetero) is 1. The predicted octanol–water partition coefficient (Wildman–Crippen LogP) is 3.17. The summed E-state index contributed by atoms with van der Waals surface area (Å²) in [6.07, 6.45) is 4.80. The Bertz CT molecular complexity index is 517. The van der Waals surface area contributed by atoms with Crippen molar-refractivity contribution in [2.75, 3.05) is 0 Å². The summed E-state index contributed by atoms with van der Waals surface area (Å²) in [5.74, 6) is 0.406. The first kappa shape index (κ1) is 15.8. The van der Waals surface area contributed by atoms with Gasteiger partial charge >= 0.3 is 5.97 Å². The largest absolute Gasteiger partial charge is 0.482 e. The van der Waals surface area contributed by atoms with Gasteiger partial charge in [-0.15, -0.1) is 0 Å². The fraction of sp³-hybridized carbons (Fsp3) is 0.647. The van der Waals surface area contributed by atoms with E-state index >= 15 is 0 Å². The number of allylic oxidation sites excluding steroid dienone is 2. The quantitative estimate of drug-likeness (QED) is 0.592. The van der Waals surface area contributed by atoms with Gasteiger partial charge in [-0.2, -0.15) is 0 Å². The molecule has 2 aliphatic rings. The molecule has 1 aliphatic heterocycles. The second-order valence-corrected chi connectivity index (χ2v) is 6.36. The van der Waals surface area contributed by atoms with E-state index in [0.29, 0.717) is 17.3 Å². The van der Waals surface area contributed by atoms with E-state index in [-0.39, 0.29) is 29.4 Å². The Morgan fingerprint density at radius 1 is 1.38 bits per heavy atom. The van der Waals surface area contributed by atoms with Crippen LogP contribution in [-0.2, 0) is 19.1 Å². The van der Waals surface area contributed by atoms with E-state index in [1.807, 2.05) is 13.0 Å². The topological polar surface area (TPSA) is 52.6 Å². The van der Waals surface area contributed by atoms with Crippen molar-refractivity contribution in [2.45, 2.75) is 59.7 Å². The number of ether oxygens (including phenoxy) is 2. The van der Waals surface area contributed by atoms with Gasteiger partial charge in [0.15, 0.2) is 11.5 Å².